The lowest BCUT2D eigenvalue weighted by Gasteiger charge is -2.17. The van der Waals surface area contributed by atoms with E-state index in [9.17, 15) is 9.59 Å². The van der Waals surface area contributed by atoms with E-state index in [1.165, 1.54) is 6.92 Å². The van der Waals surface area contributed by atoms with E-state index in [2.05, 4.69) is 22.5 Å². The zero-order valence-corrected chi connectivity index (χ0v) is 13.6. The lowest BCUT2D eigenvalue weighted by molar-refractivity contribution is -0.122. The minimum atomic E-state index is -0.342. The third kappa shape index (κ3) is 5.98. The summed E-state index contributed by atoms with van der Waals surface area (Å²) in [5.41, 5.74) is 1.81. The molecule has 0 aliphatic carbocycles. The summed E-state index contributed by atoms with van der Waals surface area (Å²) < 4.78 is 0. The number of rotatable bonds is 5. The Morgan fingerprint density at radius 1 is 1.00 bits per heavy atom. The van der Waals surface area contributed by atoms with Crippen molar-refractivity contribution in [2.24, 2.45) is 0 Å². The first-order chi connectivity index (χ1) is 11.6. The summed E-state index contributed by atoms with van der Waals surface area (Å²) in [6, 6.07) is 18.7. The first-order valence-electron chi connectivity index (χ1n) is 7.78. The highest BCUT2D eigenvalue weighted by molar-refractivity contribution is 5.79. The van der Waals surface area contributed by atoms with Crippen molar-refractivity contribution in [3.8, 4) is 11.8 Å². The van der Waals surface area contributed by atoms with Crippen molar-refractivity contribution in [3.63, 3.8) is 0 Å². The number of nitrogens with one attached hydrogen (secondary N) is 2. The van der Waals surface area contributed by atoms with Crippen LogP contribution < -0.4 is 10.6 Å². The van der Waals surface area contributed by atoms with Crippen molar-refractivity contribution in [2.75, 3.05) is 6.54 Å². The van der Waals surface area contributed by atoms with Crippen molar-refractivity contribution in [1.29, 1.82) is 0 Å². The van der Waals surface area contributed by atoms with Crippen LogP contribution in [-0.2, 0) is 9.59 Å². The Kier molecular flexibility index (Phi) is 6.60. The maximum Gasteiger partial charge on any atom is 0.223 e. The third-order valence-electron chi connectivity index (χ3n) is 3.35. The number of carbonyl (C=O) groups excluding carboxylic acids is 2. The number of carbonyl (C=O) groups is 2. The fraction of sp³-hybridized carbons (Fsp3) is 0.200. The minimum absolute atomic E-state index is 0.153. The van der Waals surface area contributed by atoms with Crippen molar-refractivity contribution >= 4 is 11.8 Å². The molecule has 0 spiro atoms. The monoisotopic (exact) mass is 320 g/mol. The van der Waals surface area contributed by atoms with Gasteiger partial charge in [-0.3, -0.25) is 9.59 Å². The van der Waals surface area contributed by atoms with Gasteiger partial charge in [0.1, 0.15) is 0 Å². The minimum Gasteiger partial charge on any atom is -0.349 e. The molecule has 122 valence electrons. The molecule has 0 bridgehead atoms. The third-order valence-corrected chi connectivity index (χ3v) is 3.35. The van der Waals surface area contributed by atoms with Gasteiger partial charge in [0, 0.05) is 12.5 Å². The molecular formula is C20H20N2O2. The highest BCUT2D eigenvalue weighted by Crippen LogP contribution is 2.16. The Balaban J connectivity index is 1.89. The van der Waals surface area contributed by atoms with Crippen LogP contribution in [0.1, 0.15) is 30.5 Å². The Hall–Kier alpha value is -3.06. The van der Waals surface area contributed by atoms with Crippen molar-refractivity contribution in [1.82, 2.24) is 10.6 Å². The number of amides is 2. The van der Waals surface area contributed by atoms with Crippen molar-refractivity contribution < 1.29 is 9.59 Å². The first kappa shape index (κ1) is 17.3. The molecule has 0 aliphatic rings. The molecule has 4 nitrogen and oxygen atoms in total. The standard InChI is InChI=1S/C20H20N2O2/c1-16(23)22-19(18-12-6-3-7-13-18)15-20(24)21-14-8-11-17-9-4-2-5-10-17/h2-7,9-10,12-13,19H,14-15H2,1H3,(H,21,24)(H,22,23). The van der Waals surface area contributed by atoms with Crippen LogP contribution in [0.4, 0.5) is 0 Å². The van der Waals surface area contributed by atoms with Crippen molar-refractivity contribution in [2.45, 2.75) is 19.4 Å². The second-order valence-corrected chi connectivity index (χ2v) is 5.31. The van der Waals surface area contributed by atoms with Gasteiger partial charge in [0.15, 0.2) is 0 Å². The Labute approximate surface area is 142 Å². The van der Waals surface area contributed by atoms with Crippen LogP contribution in [0.15, 0.2) is 60.7 Å². The number of benzene rings is 2. The predicted molar refractivity (Wildman–Crippen MR) is 93.9 cm³/mol. The van der Waals surface area contributed by atoms with Crippen LogP contribution in [0.2, 0.25) is 0 Å². The van der Waals surface area contributed by atoms with Crippen LogP contribution in [0.5, 0.6) is 0 Å². The van der Waals surface area contributed by atoms with E-state index in [-0.39, 0.29) is 30.8 Å². The van der Waals surface area contributed by atoms with E-state index in [1.807, 2.05) is 60.7 Å². The van der Waals surface area contributed by atoms with Crippen LogP contribution in [0, 0.1) is 11.8 Å². The van der Waals surface area contributed by atoms with E-state index in [0.29, 0.717) is 0 Å². The van der Waals surface area contributed by atoms with Crippen molar-refractivity contribution in [3.05, 3.63) is 71.8 Å². The van der Waals surface area contributed by atoms with Crippen LogP contribution in [0.3, 0.4) is 0 Å². The smallest absolute Gasteiger partial charge is 0.223 e. The first-order valence-corrected chi connectivity index (χ1v) is 7.78. The van der Waals surface area contributed by atoms with E-state index in [0.717, 1.165) is 11.1 Å². The second-order valence-electron chi connectivity index (χ2n) is 5.31. The highest BCUT2D eigenvalue weighted by Gasteiger charge is 2.16. The molecular weight excluding hydrogens is 300 g/mol. The van der Waals surface area contributed by atoms with Gasteiger partial charge in [-0.2, -0.15) is 0 Å². The molecule has 0 saturated heterocycles. The molecule has 4 heteroatoms. The largest absolute Gasteiger partial charge is 0.349 e. The average Bonchev–Trinajstić information content (AvgIpc) is 2.59. The lowest BCUT2D eigenvalue weighted by Crippen LogP contribution is -2.32. The lowest BCUT2D eigenvalue weighted by atomic mass is 10.0. The summed E-state index contributed by atoms with van der Waals surface area (Å²) in [5, 5.41) is 5.57. The summed E-state index contributed by atoms with van der Waals surface area (Å²) in [5.74, 6) is 5.58. The quantitative estimate of drug-likeness (QED) is 0.831. The van der Waals surface area contributed by atoms with E-state index in [4.69, 9.17) is 0 Å². The summed E-state index contributed by atoms with van der Waals surface area (Å²) in [6.45, 7) is 1.72. The molecule has 2 aromatic rings. The predicted octanol–water partition coefficient (Wildman–Crippen LogP) is 2.42. The molecule has 24 heavy (non-hydrogen) atoms. The molecule has 1 atom stereocenters. The summed E-state index contributed by atoms with van der Waals surface area (Å²) in [4.78, 5) is 23.5. The number of hydrogen-bond donors (Lipinski definition) is 2. The Morgan fingerprint density at radius 3 is 2.25 bits per heavy atom. The molecule has 0 aliphatic heterocycles. The normalized spacial score (nSPS) is 10.9. The molecule has 2 rings (SSSR count). The maximum absolute atomic E-state index is 12.1. The molecule has 1 unspecified atom stereocenters. The molecule has 0 saturated carbocycles. The molecule has 0 aromatic heterocycles. The molecule has 0 fully saturated rings. The Bertz CT molecular complexity index is 730. The van der Waals surface area contributed by atoms with Gasteiger partial charge in [-0.1, -0.05) is 60.4 Å². The van der Waals surface area contributed by atoms with Gasteiger partial charge < -0.3 is 10.6 Å². The fourth-order valence-corrected chi connectivity index (χ4v) is 2.25. The molecule has 2 aromatic carbocycles. The van der Waals surface area contributed by atoms with Gasteiger partial charge >= 0.3 is 0 Å². The SMILES string of the molecule is CC(=O)NC(CC(=O)NCC#Cc1ccccc1)c1ccccc1. The van der Waals surface area contributed by atoms with Crippen LogP contribution in [0.25, 0.3) is 0 Å². The molecule has 2 amide bonds. The van der Waals surface area contributed by atoms with Gasteiger partial charge in [-0.05, 0) is 17.7 Å². The molecule has 0 radical (unpaired) electrons. The van der Waals surface area contributed by atoms with Gasteiger partial charge in [0.05, 0.1) is 19.0 Å². The van der Waals surface area contributed by atoms with Gasteiger partial charge in [0.25, 0.3) is 0 Å². The van der Waals surface area contributed by atoms with Gasteiger partial charge in [-0.15, -0.1) is 0 Å². The van der Waals surface area contributed by atoms with E-state index in [1.54, 1.807) is 0 Å². The molecule has 2 N–H and O–H groups in total. The van der Waals surface area contributed by atoms with E-state index < -0.39 is 0 Å². The van der Waals surface area contributed by atoms with Gasteiger partial charge in [-0.25, -0.2) is 0 Å². The van der Waals surface area contributed by atoms with Crippen LogP contribution >= 0.6 is 0 Å². The van der Waals surface area contributed by atoms with E-state index >= 15 is 0 Å². The zero-order chi connectivity index (χ0) is 17.2. The summed E-state index contributed by atoms with van der Waals surface area (Å²) >= 11 is 0. The number of hydrogen-bond acceptors (Lipinski definition) is 2. The topological polar surface area (TPSA) is 58.2 Å². The average molecular weight is 320 g/mol. The summed E-state index contributed by atoms with van der Waals surface area (Å²) in [7, 11) is 0. The Morgan fingerprint density at radius 2 is 1.62 bits per heavy atom. The maximum atomic E-state index is 12.1. The van der Waals surface area contributed by atoms with Crippen LogP contribution in [-0.4, -0.2) is 18.4 Å². The summed E-state index contributed by atoms with van der Waals surface area (Å²) in [6.07, 6.45) is 0.177. The highest BCUT2D eigenvalue weighted by atomic mass is 16.2. The fourth-order valence-electron chi connectivity index (χ4n) is 2.25. The second kappa shape index (κ2) is 9.16. The molecule has 0 heterocycles. The van der Waals surface area contributed by atoms with Gasteiger partial charge in [0.2, 0.25) is 11.8 Å². The zero-order valence-electron chi connectivity index (χ0n) is 13.6.